The molecule has 0 amide bonds. The van der Waals surface area contributed by atoms with Gasteiger partial charge in [0.2, 0.25) is 0 Å². The molecule has 1 N–H and O–H groups in total. The number of thioether (sulfide) groups is 1. The minimum absolute atomic E-state index is 0.171. The van der Waals surface area contributed by atoms with Crippen LogP contribution in [0.2, 0.25) is 0 Å². The first-order valence-electron chi connectivity index (χ1n) is 14.5. The van der Waals surface area contributed by atoms with Crippen molar-refractivity contribution in [3.8, 4) is 22.8 Å². The fourth-order valence-corrected chi connectivity index (χ4v) is 5.62. The second-order valence-corrected chi connectivity index (χ2v) is 12.2. The van der Waals surface area contributed by atoms with Gasteiger partial charge < -0.3 is 14.8 Å². The maximum absolute atomic E-state index is 12.4. The topological polar surface area (TPSA) is 90.6 Å². The molecule has 45 heavy (non-hydrogen) atoms. The Morgan fingerprint density at radius 3 is 2.36 bits per heavy atom. The van der Waals surface area contributed by atoms with E-state index in [0.717, 1.165) is 34.4 Å². The number of halogens is 3. The third kappa shape index (κ3) is 8.44. The Kier molecular flexibility index (Phi) is 9.52. The van der Waals surface area contributed by atoms with Crippen molar-refractivity contribution >= 4 is 28.6 Å². The van der Waals surface area contributed by atoms with Crippen molar-refractivity contribution in [3.63, 3.8) is 0 Å². The van der Waals surface area contributed by atoms with Crippen LogP contribution >= 0.6 is 11.8 Å². The van der Waals surface area contributed by atoms with Crippen molar-refractivity contribution in [2.75, 3.05) is 5.94 Å². The minimum atomic E-state index is -4.75. The Morgan fingerprint density at radius 2 is 1.73 bits per heavy atom. The minimum Gasteiger partial charge on any atom is -0.454 e. The number of benzene rings is 3. The summed E-state index contributed by atoms with van der Waals surface area (Å²) >= 11 is 1.37. The molecule has 0 saturated heterocycles. The normalized spacial score (nSPS) is 16.5. The van der Waals surface area contributed by atoms with Crippen LogP contribution in [0.5, 0.6) is 5.75 Å². The van der Waals surface area contributed by atoms with E-state index in [9.17, 15) is 18.0 Å². The average Bonchev–Trinajstić information content (AvgIpc) is 3.56. The van der Waals surface area contributed by atoms with Gasteiger partial charge in [-0.05, 0) is 79.9 Å². The van der Waals surface area contributed by atoms with Gasteiger partial charge in [-0.25, -0.2) is 14.7 Å². The predicted octanol–water partition coefficient (Wildman–Crippen LogP) is 7.78. The molecule has 1 aliphatic rings. The van der Waals surface area contributed by atoms with E-state index >= 15 is 0 Å². The summed E-state index contributed by atoms with van der Waals surface area (Å²) in [6, 6.07) is 17.8. The fourth-order valence-electron chi connectivity index (χ4n) is 4.95. The largest absolute Gasteiger partial charge is 0.573 e. The molecule has 2 atom stereocenters. The SMILES string of the molecule is Cc1cc(C)c(/N=C(/NC2CC2c2ccc(-c3ncn(-c4ccc(OC(F)(F)F)cc4)n3)cc2)SCOC(=O)C(C)C)c(C)c1. The van der Waals surface area contributed by atoms with Crippen LogP contribution in [0.1, 0.15) is 48.4 Å². The van der Waals surface area contributed by atoms with Gasteiger partial charge in [-0.15, -0.1) is 18.3 Å². The molecular formula is C33H34F3N5O3S. The van der Waals surface area contributed by atoms with Crippen LogP contribution in [-0.4, -0.2) is 44.2 Å². The molecule has 0 radical (unpaired) electrons. The van der Waals surface area contributed by atoms with E-state index in [1.165, 1.54) is 52.6 Å². The van der Waals surface area contributed by atoms with Crippen molar-refractivity contribution in [2.45, 2.75) is 59.4 Å². The molecule has 1 aromatic heterocycles. The predicted molar refractivity (Wildman–Crippen MR) is 169 cm³/mol. The van der Waals surface area contributed by atoms with Crippen molar-refractivity contribution in [2.24, 2.45) is 10.9 Å². The zero-order valence-electron chi connectivity index (χ0n) is 25.6. The van der Waals surface area contributed by atoms with E-state index in [1.54, 1.807) is 13.8 Å². The molecule has 8 nitrogen and oxygen atoms in total. The number of rotatable bonds is 9. The van der Waals surface area contributed by atoms with E-state index in [2.05, 4.69) is 39.2 Å². The third-order valence-corrected chi connectivity index (χ3v) is 7.96. The van der Waals surface area contributed by atoms with Crippen molar-refractivity contribution in [3.05, 3.63) is 89.2 Å². The van der Waals surface area contributed by atoms with Gasteiger partial charge in [-0.2, -0.15) is 0 Å². The lowest BCUT2D eigenvalue weighted by Crippen LogP contribution is -2.25. The van der Waals surface area contributed by atoms with E-state index in [1.807, 2.05) is 38.1 Å². The first kappa shape index (κ1) is 32.1. The first-order valence-corrected chi connectivity index (χ1v) is 15.5. The van der Waals surface area contributed by atoms with Crippen LogP contribution in [0.25, 0.3) is 17.1 Å². The van der Waals surface area contributed by atoms with Crippen molar-refractivity contribution in [1.82, 2.24) is 20.1 Å². The van der Waals surface area contributed by atoms with Crippen molar-refractivity contribution in [1.29, 1.82) is 0 Å². The molecular weight excluding hydrogens is 603 g/mol. The number of nitrogens with one attached hydrogen (secondary N) is 1. The molecule has 3 aromatic carbocycles. The van der Waals surface area contributed by atoms with E-state index in [4.69, 9.17) is 9.73 Å². The molecule has 2 unspecified atom stereocenters. The molecule has 1 saturated carbocycles. The first-order chi connectivity index (χ1) is 21.4. The fraction of sp³-hybridized carbons (Fsp3) is 0.333. The lowest BCUT2D eigenvalue weighted by Gasteiger charge is -2.13. The number of aliphatic imine (C=N–C) groups is 1. The molecule has 5 rings (SSSR count). The quantitative estimate of drug-likeness (QED) is 0.0868. The lowest BCUT2D eigenvalue weighted by atomic mass is 10.1. The number of esters is 1. The molecule has 1 aliphatic carbocycles. The molecule has 12 heteroatoms. The summed E-state index contributed by atoms with van der Waals surface area (Å²) in [6.45, 7) is 9.76. The van der Waals surface area contributed by atoms with Crippen LogP contribution in [0.4, 0.5) is 18.9 Å². The van der Waals surface area contributed by atoms with Crippen LogP contribution in [-0.2, 0) is 9.53 Å². The van der Waals surface area contributed by atoms with E-state index < -0.39 is 6.36 Å². The highest BCUT2D eigenvalue weighted by Gasteiger charge is 2.39. The van der Waals surface area contributed by atoms with Crippen LogP contribution in [0.15, 0.2) is 72.0 Å². The van der Waals surface area contributed by atoms with E-state index in [0.29, 0.717) is 16.7 Å². The Bertz CT molecular complexity index is 1660. The van der Waals surface area contributed by atoms with Gasteiger partial charge in [0.1, 0.15) is 18.0 Å². The number of aryl methyl sites for hydroxylation is 3. The van der Waals surface area contributed by atoms with Crippen LogP contribution < -0.4 is 10.1 Å². The highest BCUT2D eigenvalue weighted by molar-refractivity contribution is 8.13. The van der Waals surface area contributed by atoms with Gasteiger partial charge >= 0.3 is 12.3 Å². The Morgan fingerprint density at radius 1 is 1.07 bits per heavy atom. The van der Waals surface area contributed by atoms with Gasteiger partial charge in [0.05, 0.1) is 17.3 Å². The number of hydrogen-bond donors (Lipinski definition) is 1. The standard InChI is InChI=1S/C33H34F3N5O3S/c1-19(2)31(42)43-18-45-32(39-29-21(4)14-20(3)15-22(29)5)38-28-16-27(28)23-6-8-24(9-7-23)30-37-17-41(40-30)25-10-12-26(13-11-25)44-33(34,35)36/h6-15,17,19,27-28H,16,18H2,1-5H3,(H,38,39). The van der Waals surface area contributed by atoms with Gasteiger partial charge in [0.15, 0.2) is 11.0 Å². The van der Waals surface area contributed by atoms with Gasteiger partial charge in [0.25, 0.3) is 0 Å². The summed E-state index contributed by atoms with van der Waals surface area (Å²) in [5.41, 5.74) is 6.78. The Hall–Kier alpha value is -4.32. The summed E-state index contributed by atoms with van der Waals surface area (Å²) < 4.78 is 48.2. The number of amidine groups is 1. The molecule has 0 aliphatic heterocycles. The maximum Gasteiger partial charge on any atom is 0.573 e. The summed E-state index contributed by atoms with van der Waals surface area (Å²) in [5, 5.41) is 8.76. The van der Waals surface area contributed by atoms with Gasteiger partial charge in [-0.3, -0.25) is 4.79 Å². The monoisotopic (exact) mass is 637 g/mol. The Labute approximate surface area is 264 Å². The van der Waals surface area contributed by atoms with Gasteiger partial charge in [-0.1, -0.05) is 55.8 Å². The molecule has 1 heterocycles. The number of alkyl halides is 3. The van der Waals surface area contributed by atoms with Crippen molar-refractivity contribution < 1.29 is 27.4 Å². The maximum atomic E-state index is 12.4. The summed E-state index contributed by atoms with van der Waals surface area (Å²) in [6.07, 6.45) is -2.31. The number of aromatic nitrogens is 3. The molecule has 4 aromatic rings. The molecule has 236 valence electrons. The highest BCUT2D eigenvalue weighted by Crippen LogP contribution is 2.42. The number of carbonyl (C=O) groups is 1. The molecule has 0 bridgehead atoms. The van der Waals surface area contributed by atoms with Crippen LogP contribution in [0, 0.1) is 26.7 Å². The Balaban J connectivity index is 1.24. The van der Waals surface area contributed by atoms with E-state index in [-0.39, 0.29) is 35.5 Å². The molecule has 1 fully saturated rings. The second-order valence-electron chi connectivity index (χ2n) is 11.3. The number of nitrogens with zero attached hydrogens (tertiary/aromatic N) is 4. The van der Waals surface area contributed by atoms with Crippen LogP contribution in [0.3, 0.4) is 0 Å². The molecule has 0 spiro atoms. The summed E-state index contributed by atoms with van der Waals surface area (Å²) in [7, 11) is 0. The number of ether oxygens (including phenoxy) is 2. The number of hydrogen-bond acceptors (Lipinski definition) is 7. The third-order valence-electron chi connectivity index (χ3n) is 7.24. The smallest absolute Gasteiger partial charge is 0.454 e. The lowest BCUT2D eigenvalue weighted by molar-refractivity contribution is -0.274. The highest BCUT2D eigenvalue weighted by atomic mass is 32.2. The summed E-state index contributed by atoms with van der Waals surface area (Å²) in [4.78, 5) is 21.3. The second kappa shape index (κ2) is 13.4. The number of carbonyl (C=O) groups excluding carboxylic acids is 1. The summed E-state index contributed by atoms with van der Waals surface area (Å²) in [5.74, 6) is 0.195. The average molecular weight is 638 g/mol. The zero-order chi connectivity index (χ0) is 32.3. The van der Waals surface area contributed by atoms with Gasteiger partial charge in [0, 0.05) is 17.5 Å². The zero-order valence-corrected chi connectivity index (χ0v) is 26.4.